The van der Waals surface area contributed by atoms with E-state index < -0.39 is 17.8 Å². The van der Waals surface area contributed by atoms with Gasteiger partial charge in [-0.15, -0.1) is 0 Å². The van der Waals surface area contributed by atoms with Gasteiger partial charge in [-0.1, -0.05) is 60.7 Å². The normalized spacial score (nSPS) is 17.3. The van der Waals surface area contributed by atoms with Gasteiger partial charge in [0, 0.05) is 49.0 Å². The fourth-order valence-electron chi connectivity index (χ4n) is 5.17. The van der Waals surface area contributed by atoms with Crippen LogP contribution in [0.1, 0.15) is 22.0 Å². The molecule has 8 nitrogen and oxygen atoms in total. The van der Waals surface area contributed by atoms with E-state index in [1.54, 1.807) is 31.4 Å². The van der Waals surface area contributed by atoms with Gasteiger partial charge in [0.05, 0.1) is 24.0 Å². The molecule has 0 radical (unpaired) electrons. The minimum Gasteiger partial charge on any atom is -0.476 e. The Morgan fingerprint density at radius 3 is 2.44 bits per heavy atom. The number of ether oxygens (including phenoxy) is 1. The zero-order valence-corrected chi connectivity index (χ0v) is 21.4. The van der Waals surface area contributed by atoms with Gasteiger partial charge in [0.2, 0.25) is 0 Å². The van der Waals surface area contributed by atoms with Gasteiger partial charge >= 0.3 is 12.0 Å². The lowest BCUT2D eigenvalue weighted by Crippen LogP contribution is -2.42. The minimum atomic E-state index is -1.29. The number of halogens is 1. The number of carboxylic acids is 1. The summed E-state index contributed by atoms with van der Waals surface area (Å²) in [4.78, 5) is 32.2. The first kappa shape index (κ1) is 26.3. The van der Waals surface area contributed by atoms with Crippen LogP contribution in [-0.2, 0) is 4.74 Å². The molecule has 1 fully saturated rings. The summed E-state index contributed by atoms with van der Waals surface area (Å²) >= 11 is 0. The number of fused-ring (bicyclic) bond motifs is 1. The predicted molar refractivity (Wildman–Crippen MR) is 148 cm³/mol. The Hall–Kier alpha value is -4.34. The van der Waals surface area contributed by atoms with Crippen LogP contribution in [-0.4, -0.2) is 66.4 Å². The summed E-state index contributed by atoms with van der Waals surface area (Å²) < 4.78 is 19.4. The van der Waals surface area contributed by atoms with Crippen LogP contribution in [0.4, 0.5) is 14.9 Å². The average Bonchev–Trinajstić information content (AvgIpc) is 3.34. The largest absolute Gasteiger partial charge is 0.476 e. The smallest absolute Gasteiger partial charge is 0.355 e. The van der Waals surface area contributed by atoms with Gasteiger partial charge in [-0.2, -0.15) is 0 Å². The number of aromatic carboxylic acids is 1. The number of benzene rings is 3. The molecular weight excluding hydrogens is 499 g/mol. The second kappa shape index (κ2) is 11.6. The average molecular weight is 529 g/mol. The number of hydrogen-bond acceptors (Lipinski definition) is 5. The number of rotatable bonds is 8. The van der Waals surface area contributed by atoms with Crippen molar-refractivity contribution < 1.29 is 23.8 Å². The highest BCUT2D eigenvalue weighted by Gasteiger charge is 2.35. The van der Waals surface area contributed by atoms with E-state index in [1.807, 2.05) is 24.3 Å². The number of aromatic nitrogens is 1. The number of carbonyl (C=O) groups is 2. The van der Waals surface area contributed by atoms with Gasteiger partial charge in [-0.3, -0.25) is 4.90 Å². The first-order chi connectivity index (χ1) is 18.9. The highest BCUT2D eigenvalue weighted by atomic mass is 19.1. The van der Waals surface area contributed by atoms with Crippen molar-refractivity contribution in [1.29, 1.82) is 0 Å². The van der Waals surface area contributed by atoms with Crippen molar-refractivity contribution in [2.75, 3.05) is 38.7 Å². The number of methoxy groups -OCH3 is 1. The number of amides is 2. The van der Waals surface area contributed by atoms with Gasteiger partial charge in [0.15, 0.2) is 5.69 Å². The van der Waals surface area contributed by atoms with Crippen molar-refractivity contribution in [2.45, 2.75) is 12.0 Å². The second-order valence-corrected chi connectivity index (χ2v) is 9.52. The Labute approximate surface area is 225 Å². The van der Waals surface area contributed by atoms with E-state index in [0.717, 1.165) is 24.7 Å². The van der Waals surface area contributed by atoms with Crippen LogP contribution in [0.15, 0.2) is 78.9 Å². The number of carboxylic acid groups (broad SMARTS) is 1. The number of pyridine rings is 1. The summed E-state index contributed by atoms with van der Waals surface area (Å²) in [6.45, 7) is 2.74. The predicted octanol–water partition coefficient (Wildman–Crippen LogP) is 4.98. The third kappa shape index (κ3) is 5.74. The number of likely N-dealkylation sites (tertiary alicyclic amines) is 1. The maximum atomic E-state index is 14.2. The lowest BCUT2D eigenvalue weighted by atomic mass is 9.94. The van der Waals surface area contributed by atoms with Crippen molar-refractivity contribution >= 4 is 28.5 Å². The minimum absolute atomic E-state index is 0.0701. The Bertz CT molecular complexity index is 1480. The number of anilines is 1. The highest BCUT2D eigenvalue weighted by Crippen LogP contribution is 2.36. The molecule has 3 N–H and O–H groups in total. The zero-order chi connectivity index (χ0) is 27.4. The Morgan fingerprint density at radius 2 is 1.74 bits per heavy atom. The monoisotopic (exact) mass is 528 g/mol. The third-order valence-electron chi connectivity index (χ3n) is 7.01. The van der Waals surface area contributed by atoms with Crippen molar-refractivity contribution in [2.24, 2.45) is 0 Å². The van der Waals surface area contributed by atoms with Crippen LogP contribution in [0.5, 0.6) is 0 Å². The maximum absolute atomic E-state index is 14.2. The van der Waals surface area contributed by atoms with Crippen LogP contribution in [0, 0.1) is 5.82 Å². The maximum Gasteiger partial charge on any atom is 0.355 e. The summed E-state index contributed by atoms with van der Waals surface area (Å²) in [5, 5.41) is 16.4. The molecule has 0 aliphatic carbocycles. The molecule has 0 unspecified atom stereocenters. The van der Waals surface area contributed by atoms with Crippen LogP contribution in [0.2, 0.25) is 0 Å². The highest BCUT2D eigenvalue weighted by molar-refractivity contribution is 6.12. The summed E-state index contributed by atoms with van der Waals surface area (Å²) in [6, 6.07) is 22.2. The molecule has 9 heteroatoms. The number of nitrogens with zero attached hydrogens (tertiary/aromatic N) is 2. The van der Waals surface area contributed by atoms with E-state index in [2.05, 4.69) is 32.7 Å². The molecule has 39 heavy (non-hydrogen) atoms. The quantitative estimate of drug-likeness (QED) is 0.298. The van der Waals surface area contributed by atoms with E-state index in [0.29, 0.717) is 29.8 Å². The molecule has 0 saturated carbocycles. The van der Waals surface area contributed by atoms with Gasteiger partial charge in [-0.25, -0.2) is 19.0 Å². The van der Waals surface area contributed by atoms with Gasteiger partial charge in [0.25, 0.3) is 0 Å². The molecule has 0 spiro atoms. The Balaban J connectivity index is 1.50. The summed E-state index contributed by atoms with van der Waals surface area (Å²) in [5.41, 5.74) is 2.05. The van der Waals surface area contributed by atoms with Crippen molar-refractivity contribution in [3.8, 4) is 11.3 Å². The number of urea groups is 1. The van der Waals surface area contributed by atoms with Crippen LogP contribution in [0.3, 0.4) is 0 Å². The zero-order valence-electron chi connectivity index (χ0n) is 21.4. The van der Waals surface area contributed by atoms with E-state index in [9.17, 15) is 19.1 Å². The summed E-state index contributed by atoms with van der Waals surface area (Å²) in [6.07, 6.45) is 0. The third-order valence-corrected chi connectivity index (χ3v) is 7.01. The molecule has 0 bridgehead atoms. The summed E-state index contributed by atoms with van der Waals surface area (Å²) in [7, 11) is 1.66. The molecule has 200 valence electrons. The molecule has 4 aromatic rings. The fraction of sp³-hybridized carbons (Fsp3) is 0.233. The van der Waals surface area contributed by atoms with Gasteiger partial charge < -0.3 is 20.5 Å². The first-order valence-corrected chi connectivity index (χ1v) is 12.7. The topological polar surface area (TPSA) is 104 Å². The fourth-order valence-corrected chi connectivity index (χ4v) is 5.17. The number of carbonyl (C=O) groups excluding carboxylic acids is 1. The second-order valence-electron chi connectivity index (χ2n) is 9.52. The molecule has 2 heterocycles. The number of nitrogens with one attached hydrogen (secondary N) is 2. The van der Waals surface area contributed by atoms with Crippen LogP contribution < -0.4 is 10.6 Å². The lowest BCUT2D eigenvalue weighted by molar-refractivity contribution is 0.0693. The van der Waals surface area contributed by atoms with Crippen LogP contribution in [0.25, 0.3) is 22.0 Å². The van der Waals surface area contributed by atoms with Gasteiger partial charge in [-0.05, 0) is 23.8 Å². The Kier molecular flexibility index (Phi) is 7.81. The van der Waals surface area contributed by atoms with E-state index >= 15 is 0 Å². The first-order valence-electron chi connectivity index (χ1n) is 12.7. The molecular formula is C30H29FN4O4. The van der Waals surface area contributed by atoms with E-state index in [1.165, 1.54) is 12.1 Å². The SMILES string of the molecule is COCCN1C[C@@H](NC(=O)Nc2c(-c3ccccc3)nc(C(=O)O)c3cc(F)ccc23)[C@H](c2ccccc2)C1. The molecule has 1 saturated heterocycles. The molecule has 1 aliphatic rings. The molecule has 1 aliphatic heterocycles. The van der Waals surface area contributed by atoms with E-state index in [4.69, 9.17) is 4.74 Å². The molecule has 2 amide bonds. The standard InChI is InChI=1S/C30H29FN4O4/c1-39-15-14-35-17-24(19-8-4-2-5-9-19)25(18-35)32-30(38)34-27-22-13-12-21(31)16-23(22)28(29(36)37)33-26(27)20-10-6-3-7-11-20/h2-13,16,24-25H,14-15,17-18H2,1H3,(H,36,37)(H2,32,34,38)/t24-,25+/m0/s1. The van der Waals surface area contributed by atoms with Crippen molar-refractivity contribution in [3.63, 3.8) is 0 Å². The molecule has 1 aromatic heterocycles. The van der Waals surface area contributed by atoms with Crippen molar-refractivity contribution in [3.05, 3.63) is 95.9 Å². The lowest BCUT2D eigenvalue weighted by Gasteiger charge is -2.22. The van der Waals surface area contributed by atoms with Crippen LogP contribution >= 0.6 is 0 Å². The summed E-state index contributed by atoms with van der Waals surface area (Å²) in [5.74, 6) is -1.81. The van der Waals surface area contributed by atoms with E-state index in [-0.39, 0.29) is 28.7 Å². The molecule has 3 aromatic carbocycles. The Morgan fingerprint density at radius 1 is 1.03 bits per heavy atom. The number of hydrogen-bond donors (Lipinski definition) is 3. The van der Waals surface area contributed by atoms with Gasteiger partial charge in [0.1, 0.15) is 5.82 Å². The molecule has 2 atom stereocenters. The molecule has 5 rings (SSSR count). The van der Waals surface area contributed by atoms with Crippen molar-refractivity contribution in [1.82, 2.24) is 15.2 Å².